The fourth-order valence-corrected chi connectivity index (χ4v) is 1.39. The van der Waals surface area contributed by atoms with Crippen LogP contribution in [0.5, 0.6) is 0 Å². The highest BCUT2D eigenvalue weighted by atomic mass is 16.3. The number of amides is 1. The van der Waals surface area contributed by atoms with E-state index in [1.807, 2.05) is 6.07 Å². The van der Waals surface area contributed by atoms with E-state index in [1.165, 1.54) is 0 Å². The number of nitrogens with two attached hydrogens (primary N) is 1. The van der Waals surface area contributed by atoms with Gasteiger partial charge in [-0.25, -0.2) is 5.84 Å². The van der Waals surface area contributed by atoms with E-state index in [1.54, 1.807) is 42.7 Å². The van der Waals surface area contributed by atoms with Crippen molar-refractivity contribution in [2.75, 3.05) is 0 Å². The Bertz CT molecular complexity index is 451. The minimum absolute atomic E-state index is 0.225. The summed E-state index contributed by atoms with van der Waals surface area (Å²) in [6.07, 6.45) is 1.55. The summed E-state index contributed by atoms with van der Waals surface area (Å²) in [5, 5.41) is 1.13. The summed E-state index contributed by atoms with van der Waals surface area (Å²) < 4.78 is 5.12. The highest BCUT2D eigenvalue weighted by Crippen LogP contribution is 2.06. The van der Waals surface area contributed by atoms with Gasteiger partial charge in [-0.2, -0.15) is 0 Å². The predicted octanol–water partition coefficient (Wildman–Crippen LogP) is 1.80. The van der Waals surface area contributed by atoms with Gasteiger partial charge in [-0.3, -0.25) is 9.80 Å². The Kier molecular flexibility index (Phi) is 3.03. The van der Waals surface area contributed by atoms with Crippen LogP contribution in [0.3, 0.4) is 0 Å². The maximum absolute atomic E-state index is 11.8. The van der Waals surface area contributed by atoms with E-state index in [0.717, 1.165) is 5.01 Å². The first-order chi connectivity index (χ1) is 7.77. The second-order valence-corrected chi connectivity index (χ2v) is 3.38. The van der Waals surface area contributed by atoms with Crippen LogP contribution in [-0.2, 0) is 6.54 Å². The zero-order valence-corrected chi connectivity index (χ0v) is 8.67. The summed E-state index contributed by atoms with van der Waals surface area (Å²) in [6.45, 7) is 0.265. The molecular weight excluding hydrogens is 204 g/mol. The van der Waals surface area contributed by atoms with Crippen molar-refractivity contribution in [3.8, 4) is 0 Å². The summed E-state index contributed by atoms with van der Waals surface area (Å²) in [5.74, 6) is 6.10. The minimum atomic E-state index is -0.225. The first-order valence-corrected chi connectivity index (χ1v) is 4.91. The molecular formula is C12H12N2O2. The van der Waals surface area contributed by atoms with Crippen molar-refractivity contribution in [2.45, 2.75) is 6.54 Å². The summed E-state index contributed by atoms with van der Waals surface area (Å²) in [7, 11) is 0. The van der Waals surface area contributed by atoms with Crippen molar-refractivity contribution in [2.24, 2.45) is 5.84 Å². The standard InChI is InChI=1S/C12H12N2O2/c13-14(9-11-7-4-8-16-11)12(15)10-5-2-1-3-6-10/h1-8H,9,13H2. The van der Waals surface area contributed by atoms with Gasteiger partial charge in [-0.05, 0) is 24.3 Å². The van der Waals surface area contributed by atoms with E-state index in [0.29, 0.717) is 11.3 Å². The molecule has 0 aliphatic carbocycles. The third-order valence-corrected chi connectivity index (χ3v) is 2.19. The normalized spacial score (nSPS) is 10.1. The Hall–Kier alpha value is -2.07. The molecule has 0 atom stereocenters. The lowest BCUT2D eigenvalue weighted by atomic mass is 10.2. The molecule has 2 N–H and O–H groups in total. The number of benzene rings is 1. The van der Waals surface area contributed by atoms with Gasteiger partial charge in [0.25, 0.3) is 5.91 Å². The number of rotatable bonds is 3. The van der Waals surface area contributed by atoms with Crippen molar-refractivity contribution in [3.05, 3.63) is 60.1 Å². The van der Waals surface area contributed by atoms with Crippen LogP contribution in [0.15, 0.2) is 53.1 Å². The number of hydrogen-bond donors (Lipinski definition) is 1. The Morgan fingerprint density at radius 1 is 1.19 bits per heavy atom. The van der Waals surface area contributed by atoms with Gasteiger partial charge in [-0.1, -0.05) is 18.2 Å². The molecule has 1 aromatic heterocycles. The SMILES string of the molecule is NN(Cc1ccco1)C(=O)c1ccccc1. The minimum Gasteiger partial charge on any atom is -0.467 e. The largest absolute Gasteiger partial charge is 0.467 e. The van der Waals surface area contributed by atoms with Crippen molar-refractivity contribution < 1.29 is 9.21 Å². The third kappa shape index (κ3) is 2.29. The number of carbonyl (C=O) groups is 1. The maximum atomic E-state index is 11.8. The average molecular weight is 216 g/mol. The van der Waals surface area contributed by atoms with E-state index in [-0.39, 0.29) is 12.5 Å². The van der Waals surface area contributed by atoms with E-state index in [9.17, 15) is 4.79 Å². The van der Waals surface area contributed by atoms with Crippen LogP contribution in [0.4, 0.5) is 0 Å². The van der Waals surface area contributed by atoms with Gasteiger partial charge in [0.2, 0.25) is 0 Å². The molecule has 0 aliphatic rings. The molecule has 0 bridgehead atoms. The summed E-state index contributed by atoms with van der Waals surface area (Å²) >= 11 is 0. The number of hydrazine groups is 1. The maximum Gasteiger partial charge on any atom is 0.268 e. The zero-order valence-electron chi connectivity index (χ0n) is 8.67. The molecule has 0 unspecified atom stereocenters. The molecule has 4 heteroatoms. The summed E-state index contributed by atoms with van der Waals surface area (Å²) in [5.41, 5.74) is 0.566. The van der Waals surface area contributed by atoms with Crippen molar-refractivity contribution in [3.63, 3.8) is 0 Å². The molecule has 1 heterocycles. The second kappa shape index (κ2) is 4.63. The van der Waals surface area contributed by atoms with Gasteiger partial charge in [0, 0.05) is 5.56 Å². The molecule has 2 aromatic rings. The summed E-state index contributed by atoms with van der Waals surface area (Å²) in [6, 6.07) is 12.4. The topological polar surface area (TPSA) is 59.5 Å². The van der Waals surface area contributed by atoms with E-state index in [2.05, 4.69) is 0 Å². The molecule has 1 amide bonds. The summed E-state index contributed by atoms with van der Waals surface area (Å²) in [4.78, 5) is 11.8. The van der Waals surface area contributed by atoms with Gasteiger partial charge in [-0.15, -0.1) is 0 Å². The van der Waals surface area contributed by atoms with E-state index >= 15 is 0 Å². The van der Waals surface area contributed by atoms with Gasteiger partial charge in [0.15, 0.2) is 0 Å². The van der Waals surface area contributed by atoms with Gasteiger partial charge in [0.05, 0.1) is 12.8 Å². The monoisotopic (exact) mass is 216 g/mol. The van der Waals surface area contributed by atoms with Crippen LogP contribution in [0.25, 0.3) is 0 Å². The number of carbonyl (C=O) groups excluding carboxylic acids is 1. The predicted molar refractivity (Wildman–Crippen MR) is 59.2 cm³/mol. The molecule has 2 rings (SSSR count). The van der Waals surface area contributed by atoms with Crippen molar-refractivity contribution in [1.29, 1.82) is 0 Å². The molecule has 1 aromatic carbocycles. The van der Waals surface area contributed by atoms with Crippen LogP contribution in [-0.4, -0.2) is 10.9 Å². The fourth-order valence-electron chi connectivity index (χ4n) is 1.39. The van der Waals surface area contributed by atoms with Crippen molar-refractivity contribution in [1.82, 2.24) is 5.01 Å². The van der Waals surface area contributed by atoms with Crippen LogP contribution in [0, 0.1) is 0 Å². The molecule has 0 radical (unpaired) electrons. The lowest BCUT2D eigenvalue weighted by molar-refractivity contribution is 0.0731. The molecule has 16 heavy (non-hydrogen) atoms. The van der Waals surface area contributed by atoms with E-state index in [4.69, 9.17) is 10.3 Å². The molecule has 0 fully saturated rings. The highest BCUT2D eigenvalue weighted by molar-refractivity contribution is 5.93. The fraction of sp³-hybridized carbons (Fsp3) is 0.0833. The molecule has 0 saturated carbocycles. The number of hydrogen-bond acceptors (Lipinski definition) is 3. The highest BCUT2D eigenvalue weighted by Gasteiger charge is 2.12. The first-order valence-electron chi connectivity index (χ1n) is 4.91. The molecule has 0 aliphatic heterocycles. The smallest absolute Gasteiger partial charge is 0.268 e. The van der Waals surface area contributed by atoms with Gasteiger partial charge in [0.1, 0.15) is 5.76 Å². The van der Waals surface area contributed by atoms with Crippen LogP contribution in [0.1, 0.15) is 16.1 Å². The van der Waals surface area contributed by atoms with E-state index < -0.39 is 0 Å². The Morgan fingerprint density at radius 2 is 1.94 bits per heavy atom. The molecule has 4 nitrogen and oxygen atoms in total. The van der Waals surface area contributed by atoms with Crippen LogP contribution < -0.4 is 5.84 Å². The molecule has 82 valence electrons. The molecule has 0 saturated heterocycles. The average Bonchev–Trinajstić information content (AvgIpc) is 2.82. The Balaban J connectivity index is 2.05. The zero-order chi connectivity index (χ0) is 11.4. The second-order valence-electron chi connectivity index (χ2n) is 3.38. The molecule has 0 spiro atoms. The first kappa shape index (κ1) is 10.4. The number of nitrogens with zero attached hydrogens (tertiary/aromatic N) is 1. The van der Waals surface area contributed by atoms with Crippen LogP contribution >= 0.6 is 0 Å². The van der Waals surface area contributed by atoms with Crippen LogP contribution in [0.2, 0.25) is 0 Å². The van der Waals surface area contributed by atoms with Gasteiger partial charge >= 0.3 is 0 Å². The lowest BCUT2D eigenvalue weighted by Gasteiger charge is -2.14. The van der Waals surface area contributed by atoms with Gasteiger partial charge < -0.3 is 4.42 Å². The Labute approximate surface area is 93.2 Å². The quantitative estimate of drug-likeness (QED) is 0.483. The third-order valence-electron chi connectivity index (χ3n) is 2.19. The Morgan fingerprint density at radius 3 is 2.56 bits per heavy atom. The van der Waals surface area contributed by atoms with Crippen molar-refractivity contribution >= 4 is 5.91 Å². The lowest BCUT2D eigenvalue weighted by Crippen LogP contribution is -2.36. The number of furan rings is 1.